The number of aliphatic hydroxyl groups is 1. The van der Waals surface area contributed by atoms with Gasteiger partial charge in [0.25, 0.3) is 0 Å². The van der Waals surface area contributed by atoms with E-state index in [1.54, 1.807) is 31.2 Å². The van der Waals surface area contributed by atoms with Gasteiger partial charge in [-0.2, -0.15) is 0 Å². The van der Waals surface area contributed by atoms with E-state index in [1.165, 1.54) is 6.07 Å². The molecule has 2 aromatic rings. The van der Waals surface area contributed by atoms with E-state index in [9.17, 15) is 23.1 Å². The lowest BCUT2D eigenvalue weighted by Gasteiger charge is -2.32. The van der Waals surface area contributed by atoms with Crippen molar-refractivity contribution in [3.05, 3.63) is 53.6 Å². The first kappa shape index (κ1) is 24.2. The summed E-state index contributed by atoms with van der Waals surface area (Å²) in [7, 11) is -0.327. The highest BCUT2D eigenvalue weighted by molar-refractivity contribution is 7.92. The van der Waals surface area contributed by atoms with Crippen LogP contribution >= 0.6 is 0 Å². The summed E-state index contributed by atoms with van der Waals surface area (Å²) < 4.78 is 29.8. The molecule has 2 N–H and O–H groups in total. The van der Waals surface area contributed by atoms with Crippen LogP contribution < -0.4 is 10.1 Å². The number of rotatable bonds is 7. The van der Waals surface area contributed by atoms with E-state index in [0.717, 1.165) is 17.9 Å². The van der Waals surface area contributed by atoms with Gasteiger partial charge < -0.3 is 20.1 Å². The Kier molecular flexibility index (Phi) is 6.92. The maximum Gasteiger partial charge on any atom is 0.239 e. The lowest BCUT2D eigenvalue weighted by Crippen LogP contribution is -2.39. The lowest BCUT2D eigenvalue weighted by atomic mass is 10.0. The van der Waals surface area contributed by atoms with Crippen molar-refractivity contribution in [3.8, 4) is 5.75 Å². The highest BCUT2D eigenvalue weighted by atomic mass is 32.2. The SMILES string of the molecule is COc1cccc([C@@H](CN(C)C(=O)Cc2ccc3c(c2)NC(=O)CS3(=O)=O)N2CC[C@H](O)C2)c1. The molecule has 1 fully saturated rings. The van der Waals surface area contributed by atoms with Crippen molar-refractivity contribution in [2.75, 3.05) is 44.9 Å². The number of nitrogens with one attached hydrogen (secondary N) is 1. The topological polar surface area (TPSA) is 116 Å². The van der Waals surface area contributed by atoms with E-state index in [2.05, 4.69) is 10.2 Å². The third kappa shape index (κ3) is 5.24. The number of aliphatic hydroxyl groups excluding tert-OH is 1. The molecule has 2 atom stereocenters. The fourth-order valence-corrected chi connectivity index (χ4v) is 5.79. The minimum absolute atomic E-state index is 0.0627. The number of carbonyl (C=O) groups excluding carboxylic acids is 2. The molecule has 0 spiro atoms. The Morgan fingerprint density at radius 2 is 2.09 bits per heavy atom. The van der Waals surface area contributed by atoms with Crippen molar-refractivity contribution in [1.82, 2.24) is 9.80 Å². The molecule has 182 valence electrons. The summed E-state index contributed by atoms with van der Waals surface area (Å²) >= 11 is 0. The first-order valence-corrected chi connectivity index (χ1v) is 12.8. The van der Waals surface area contributed by atoms with Gasteiger partial charge in [-0.1, -0.05) is 18.2 Å². The zero-order chi connectivity index (χ0) is 24.5. The highest BCUT2D eigenvalue weighted by Crippen LogP contribution is 2.30. The molecule has 0 aliphatic carbocycles. The van der Waals surface area contributed by atoms with Crippen molar-refractivity contribution in [3.63, 3.8) is 0 Å². The number of nitrogens with zero attached hydrogens (tertiary/aromatic N) is 2. The van der Waals surface area contributed by atoms with Gasteiger partial charge in [0, 0.05) is 26.7 Å². The van der Waals surface area contributed by atoms with Crippen LogP contribution in [0, 0.1) is 0 Å². The summed E-state index contributed by atoms with van der Waals surface area (Å²) in [4.78, 5) is 28.7. The smallest absolute Gasteiger partial charge is 0.239 e. The molecule has 0 aromatic heterocycles. The lowest BCUT2D eigenvalue weighted by molar-refractivity contribution is -0.130. The van der Waals surface area contributed by atoms with Gasteiger partial charge >= 0.3 is 0 Å². The molecule has 4 rings (SSSR count). The summed E-state index contributed by atoms with van der Waals surface area (Å²) in [6, 6.07) is 12.2. The Bertz CT molecular complexity index is 1200. The van der Waals surface area contributed by atoms with Gasteiger partial charge in [-0.3, -0.25) is 14.5 Å². The molecule has 0 saturated carbocycles. The monoisotopic (exact) mass is 487 g/mol. The number of likely N-dealkylation sites (N-methyl/N-ethyl adjacent to an activating group) is 1. The van der Waals surface area contributed by atoms with Crippen molar-refractivity contribution in [1.29, 1.82) is 0 Å². The summed E-state index contributed by atoms with van der Waals surface area (Å²) in [5.41, 5.74) is 1.82. The number of carbonyl (C=O) groups is 2. The van der Waals surface area contributed by atoms with Gasteiger partial charge in [-0.05, 0) is 41.8 Å². The van der Waals surface area contributed by atoms with Crippen molar-refractivity contribution < 1.29 is 27.9 Å². The number of amides is 2. The number of likely N-dealkylation sites (tertiary alicyclic amines) is 1. The fraction of sp³-hybridized carbons (Fsp3) is 0.417. The van der Waals surface area contributed by atoms with E-state index in [-0.39, 0.29) is 29.0 Å². The van der Waals surface area contributed by atoms with Crippen molar-refractivity contribution in [2.24, 2.45) is 0 Å². The van der Waals surface area contributed by atoms with Crippen LogP contribution in [-0.2, 0) is 25.8 Å². The van der Waals surface area contributed by atoms with Crippen LogP contribution in [0.5, 0.6) is 5.75 Å². The van der Waals surface area contributed by atoms with Gasteiger partial charge in [0.1, 0.15) is 11.5 Å². The van der Waals surface area contributed by atoms with E-state index < -0.39 is 27.6 Å². The molecule has 9 nitrogen and oxygen atoms in total. The van der Waals surface area contributed by atoms with Gasteiger partial charge in [-0.25, -0.2) is 8.42 Å². The standard InChI is InChI=1S/C24H29N3O6S/c1-26(14-21(27-9-8-18(28)13-27)17-4-3-5-19(12-17)33-2)24(30)11-16-6-7-22-20(10-16)25-23(29)15-34(22,31)32/h3-7,10,12,18,21,28H,8-9,11,13-15H2,1-2H3,(H,25,29)/t18-,21+/m0/s1. The molecule has 2 amide bonds. The fourth-order valence-electron chi connectivity index (χ4n) is 4.50. The molecule has 0 radical (unpaired) electrons. The number of methoxy groups -OCH3 is 1. The molecular weight excluding hydrogens is 458 g/mol. The first-order chi connectivity index (χ1) is 16.2. The first-order valence-electron chi connectivity index (χ1n) is 11.1. The third-order valence-electron chi connectivity index (χ3n) is 6.32. The number of benzene rings is 2. The van der Waals surface area contributed by atoms with E-state index in [0.29, 0.717) is 25.1 Å². The van der Waals surface area contributed by atoms with Gasteiger partial charge in [-0.15, -0.1) is 0 Å². The molecule has 0 unspecified atom stereocenters. The summed E-state index contributed by atoms with van der Waals surface area (Å²) in [6.07, 6.45) is 0.353. The Morgan fingerprint density at radius 1 is 1.29 bits per heavy atom. The van der Waals surface area contributed by atoms with Crippen LogP contribution in [0.3, 0.4) is 0 Å². The Balaban J connectivity index is 1.51. The number of hydrogen-bond donors (Lipinski definition) is 2. The average Bonchev–Trinajstić information content (AvgIpc) is 3.22. The van der Waals surface area contributed by atoms with Crippen LogP contribution in [0.15, 0.2) is 47.4 Å². The van der Waals surface area contributed by atoms with Crippen LogP contribution in [0.2, 0.25) is 0 Å². The van der Waals surface area contributed by atoms with Crippen LogP contribution in [0.1, 0.15) is 23.6 Å². The number of fused-ring (bicyclic) bond motifs is 1. The third-order valence-corrected chi connectivity index (χ3v) is 7.98. The molecule has 1 saturated heterocycles. The van der Waals surface area contributed by atoms with Gasteiger partial charge in [0.2, 0.25) is 11.8 Å². The number of anilines is 1. The summed E-state index contributed by atoms with van der Waals surface area (Å²) in [6.45, 7) is 1.67. The molecule has 2 aromatic carbocycles. The number of ether oxygens (including phenoxy) is 1. The predicted octanol–water partition coefficient (Wildman–Crippen LogP) is 1.23. The van der Waals surface area contributed by atoms with Crippen LogP contribution in [0.25, 0.3) is 0 Å². The summed E-state index contributed by atoms with van der Waals surface area (Å²) in [5, 5.41) is 12.6. The average molecular weight is 488 g/mol. The molecule has 34 heavy (non-hydrogen) atoms. The van der Waals surface area contributed by atoms with E-state index in [4.69, 9.17) is 4.74 Å². The summed E-state index contributed by atoms with van der Waals surface area (Å²) in [5.74, 6) is -0.570. The number of sulfone groups is 1. The number of β-amino-alcohol motifs (C(OH)–C–C–N with tert-alkyl or cyclic N) is 1. The molecule has 2 aliphatic heterocycles. The second kappa shape index (κ2) is 9.73. The number of hydrogen-bond acceptors (Lipinski definition) is 7. The minimum atomic E-state index is -3.66. The largest absolute Gasteiger partial charge is 0.497 e. The Labute approximate surface area is 199 Å². The van der Waals surface area contributed by atoms with Crippen LogP contribution in [0.4, 0.5) is 5.69 Å². The Hall–Kier alpha value is -2.95. The quantitative estimate of drug-likeness (QED) is 0.603. The van der Waals surface area contributed by atoms with Gasteiger partial charge in [0.05, 0.1) is 36.3 Å². The minimum Gasteiger partial charge on any atom is -0.497 e. The predicted molar refractivity (Wildman–Crippen MR) is 126 cm³/mol. The van der Waals surface area contributed by atoms with Crippen molar-refractivity contribution >= 4 is 27.3 Å². The maximum atomic E-state index is 13.1. The molecular formula is C24H29N3O6S. The van der Waals surface area contributed by atoms with E-state index >= 15 is 0 Å². The second-order valence-electron chi connectivity index (χ2n) is 8.82. The second-order valence-corrected chi connectivity index (χ2v) is 10.8. The molecule has 10 heteroatoms. The zero-order valence-corrected chi connectivity index (χ0v) is 20.0. The van der Waals surface area contributed by atoms with E-state index in [1.807, 2.05) is 24.3 Å². The van der Waals surface area contributed by atoms with Crippen LogP contribution in [-0.4, -0.2) is 80.8 Å². The highest BCUT2D eigenvalue weighted by Gasteiger charge is 2.31. The van der Waals surface area contributed by atoms with Gasteiger partial charge in [0.15, 0.2) is 9.84 Å². The Morgan fingerprint density at radius 3 is 2.79 bits per heavy atom. The zero-order valence-electron chi connectivity index (χ0n) is 19.2. The molecule has 0 bridgehead atoms. The van der Waals surface area contributed by atoms with Crippen molar-refractivity contribution in [2.45, 2.75) is 29.9 Å². The molecule has 2 aliphatic rings. The normalized spacial score (nSPS) is 20.3. The maximum absolute atomic E-state index is 13.1. The molecule has 2 heterocycles.